The number of sulfonamides is 1. The Kier molecular flexibility index (Phi) is 4.98. The Balaban J connectivity index is 2.89. The van der Waals surface area contributed by atoms with E-state index >= 15 is 0 Å². The predicted molar refractivity (Wildman–Crippen MR) is 68.3 cm³/mol. The van der Waals surface area contributed by atoms with Crippen molar-refractivity contribution in [1.29, 1.82) is 0 Å². The molecule has 0 saturated carbocycles. The molecular weight excluding hydrogens is 334 g/mol. The summed E-state index contributed by atoms with van der Waals surface area (Å²) in [5, 5.41) is -0.329. The number of nitrogens with zero attached hydrogens (tertiary/aromatic N) is 1. The van der Waals surface area contributed by atoms with E-state index in [1.807, 2.05) is 0 Å². The first-order valence-corrected chi connectivity index (χ1v) is 9.79. The Morgan fingerprint density at radius 3 is 2.41 bits per heavy atom. The van der Waals surface area contributed by atoms with Crippen molar-refractivity contribution in [3.8, 4) is 0 Å². The van der Waals surface area contributed by atoms with Crippen molar-refractivity contribution in [3.63, 3.8) is 0 Å². The van der Waals surface area contributed by atoms with E-state index in [0.717, 1.165) is 6.26 Å². The fraction of sp³-hybridized carbons (Fsp3) is 1.00. The number of hydrogen-bond donors (Lipinski definition) is 0. The monoisotopic (exact) mass is 349 g/mol. The van der Waals surface area contributed by atoms with Gasteiger partial charge in [0.1, 0.15) is 0 Å². The highest BCUT2D eigenvalue weighted by atomic mass is 79.9. The van der Waals surface area contributed by atoms with Gasteiger partial charge >= 0.3 is 0 Å². The molecule has 6 nitrogen and oxygen atoms in total. The van der Waals surface area contributed by atoms with Gasteiger partial charge in [-0.1, -0.05) is 15.9 Å². The Labute approximate surface area is 110 Å². The number of alkyl halides is 1. The molecule has 0 radical (unpaired) electrons. The first-order chi connectivity index (χ1) is 7.65. The number of rotatable bonds is 4. The molecule has 9 heteroatoms. The average Bonchev–Trinajstić information content (AvgIpc) is 2.14. The number of ether oxygens (including phenoxy) is 1. The number of sulfone groups is 1. The van der Waals surface area contributed by atoms with Gasteiger partial charge in [0.2, 0.25) is 10.0 Å². The zero-order valence-corrected chi connectivity index (χ0v) is 12.9. The molecule has 2 unspecified atom stereocenters. The van der Waals surface area contributed by atoms with Crippen LogP contribution >= 0.6 is 15.9 Å². The first-order valence-electron chi connectivity index (χ1n) is 5.00. The molecule has 0 N–H and O–H groups in total. The first kappa shape index (κ1) is 15.4. The summed E-state index contributed by atoms with van der Waals surface area (Å²) in [6, 6.07) is -0.336. The van der Waals surface area contributed by atoms with Crippen LogP contribution in [0, 0.1) is 0 Å². The molecule has 1 aliphatic rings. The zero-order valence-electron chi connectivity index (χ0n) is 9.67. The molecule has 0 bridgehead atoms. The largest absolute Gasteiger partial charge is 0.374 e. The molecule has 1 heterocycles. The van der Waals surface area contributed by atoms with Gasteiger partial charge in [0.25, 0.3) is 0 Å². The van der Waals surface area contributed by atoms with Crippen LogP contribution in [0.5, 0.6) is 0 Å². The van der Waals surface area contributed by atoms with Gasteiger partial charge in [-0.15, -0.1) is 0 Å². The van der Waals surface area contributed by atoms with Crippen molar-refractivity contribution < 1.29 is 21.6 Å². The third kappa shape index (κ3) is 4.47. The highest BCUT2D eigenvalue weighted by Crippen LogP contribution is 2.18. The van der Waals surface area contributed by atoms with Gasteiger partial charge < -0.3 is 4.74 Å². The maximum absolute atomic E-state index is 11.9. The molecule has 0 aromatic heterocycles. The quantitative estimate of drug-likeness (QED) is 0.656. The smallest absolute Gasteiger partial charge is 0.228 e. The Morgan fingerprint density at radius 1 is 1.35 bits per heavy atom. The van der Waals surface area contributed by atoms with Crippen LogP contribution in [0.3, 0.4) is 0 Å². The minimum atomic E-state index is -3.79. The van der Waals surface area contributed by atoms with Crippen LogP contribution < -0.4 is 0 Å². The molecular formula is C8H16BrNO5S2. The maximum atomic E-state index is 11.9. The van der Waals surface area contributed by atoms with Crippen LogP contribution in [0.1, 0.15) is 6.92 Å². The summed E-state index contributed by atoms with van der Waals surface area (Å²) in [4.78, 5) is 0. The number of morpholine rings is 1. The van der Waals surface area contributed by atoms with Gasteiger partial charge in [0.05, 0.1) is 12.7 Å². The Hall–Kier alpha value is 0.300. The third-order valence-electron chi connectivity index (χ3n) is 2.34. The van der Waals surface area contributed by atoms with Crippen molar-refractivity contribution in [2.45, 2.75) is 19.1 Å². The molecule has 0 aromatic carbocycles. The fourth-order valence-corrected chi connectivity index (χ4v) is 5.71. The number of hydrogen-bond acceptors (Lipinski definition) is 5. The molecule has 17 heavy (non-hydrogen) atoms. The van der Waals surface area contributed by atoms with Gasteiger partial charge in [-0.05, 0) is 6.92 Å². The summed E-state index contributed by atoms with van der Waals surface area (Å²) in [5.41, 5.74) is 0. The molecule has 1 fully saturated rings. The van der Waals surface area contributed by atoms with Crippen LogP contribution in [0.2, 0.25) is 0 Å². The normalized spacial score (nSPS) is 28.2. The van der Waals surface area contributed by atoms with E-state index in [4.69, 9.17) is 4.74 Å². The van der Waals surface area contributed by atoms with Gasteiger partial charge in [0, 0.05) is 24.2 Å². The second kappa shape index (κ2) is 5.52. The standard InChI is InChI=1S/C8H16BrNO5S2/c1-7-5-15-8(3-9)4-10(7)17(13,14)6-16(2,11)12/h7-8H,3-6H2,1-2H3. The second-order valence-electron chi connectivity index (χ2n) is 4.18. The summed E-state index contributed by atoms with van der Waals surface area (Å²) in [6.45, 7) is 2.16. The lowest BCUT2D eigenvalue weighted by atomic mass is 10.2. The lowest BCUT2D eigenvalue weighted by molar-refractivity contribution is -0.0137. The molecule has 1 saturated heterocycles. The van der Waals surface area contributed by atoms with E-state index in [9.17, 15) is 16.8 Å². The third-order valence-corrected chi connectivity index (χ3v) is 7.19. The molecule has 1 aliphatic heterocycles. The van der Waals surface area contributed by atoms with E-state index in [1.165, 1.54) is 4.31 Å². The van der Waals surface area contributed by atoms with Crippen LogP contribution in [-0.2, 0) is 24.6 Å². The van der Waals surface area contributed by atoms with E-state index in [2.05, 4.69) is 15.9 Å². The van der Waals surface area contributed by atoms with Gasteiger partial charge in [-0.25, -0.2) is 16.8 Å². The SMILES string of the molecule is CC1COC(CBr)CN1S(=O)(=O)CS(C)(=O)=O. The predicted octanol–water partition coefficient (Wildman–Crippen LogP) is -0.197. The van der Waals surface area contributed by atoms with Gasteiger partial charge in [-0.3, -0.25) is 0 Å². The summed E-state index contributed by atoms with van der Waals surface area (Å²) in [7, 11) is -7.35. The van der Waals surface area contributed by atoms with Crippen molar-refractivity contribution in [2.75, 3.05) is 29.8 Å². The molecule has 102 valence electrons. The summed E-state index contributed by atoms with van der Waals surface area (Å²) in [6.07, 6.45) is 0.679. The average molecular weight is 350 g/mol. The van der Waals surface area contributed by atoms with Gasteiger partial charge in [-0.2, -0.15) is 4.31 Å². The van der Waals surface area contributed by atoms with Crippen LogP contribution in [-0.4, -0.2) is 63.1 Å². The Bertz CT molecular complexity index is 460. The van der Waals surface area contributed by atoms with E-state index < -0.39 is 24.9 Å². The molecule has 0 amide bonds. The van der Waals surface area contributed by atoms with Crippen molar-refractivity contribution in [1.82, 2.24) is 4.31 Å². The fourth-order valence-electron chi connectivity index (χ4n) is 1.61. The van der Waals surface area contributed by atoms with E-state index in [1.54, 1.807) is 6.92 Å². The zero-order chi connectivity index (χ0) is 13.3. The molecule has 0 aliphatic carbocycles. The Morgan fingerprint density at radius 2 is 1.94 bits per heavy atom. The molecule has 0 spiro atoms. The van der Waals surface area contributed by atoms with Crippen LogP contribution in [0.4, 0.5) is 0 Å². The van der Waals surface area contributed by atoms with Crippen LogP contribution in [0.15, 0.2) is 0 Å². The number of halogens is 1. The maximum Gasteiger partial charge on any atom is 0.228 e. The van der Waals surface area contributed by atoms with Crippen LogP contribution in [0.25, 0.3) is 0 Å². The van der Waals surface area contributed by atoms with Gasteiger partial charge in [0.15, 0.2) is 14.9 Å². The summed E-state index contributed by atoms with van der Waals surface area (Å²) < 4.78 is 52.7. The topological polar surface area (TPSA) is 80.8 Å². The molecule has 0 aromatic rings. The van der Waals surface area contributed by atoms with Crippen molar-refractivity contribution in [3.05, 3.63) is 0 Å². The highest BCUT2D eigenvalue weighted by Gasteiger charge is 2.35. The highest BCUT2D eigenvalue weighted by molar-refractivity contribution is 9.09. The minimum Gasteiger partial charge on any atom is -0.374 e. The lowest BCUT2D eigenvalue weighted by Gasteiger charge is -2.36. The van der Waals surface area contributed by atoms with E-state index in [0.29, 0.717) is 5.33 Å². The minimum absolute atomic E-state index is 0.185. The van der Waals surface area contributed by atoms with Crippen molar-refractivity contribution in [2.24, 2.45) is 0 Å². The summed E-state index contributed by atoms with van der Waals surface area (Å²) in [5.74, 6) is 0. The van der Waals surface area contributed by atoms with E-state index in [-0.39, 0.29) is 25.3 Å². The summed E-state index contributed by atoms with van der Waals surface area (Å²) >= 11 is 3.22. The second-order valence-corrected chi connectivity index (χ2v) is 9.26. The molecule has 2 atom stereocenters. The lowest BCUT2D eigenvalue weighted by Crippen LogP contribution is -2.52. The molecule has 1 rings (SSSR count). The van der Waals surface area contributed by atoms with Crippen molar-refractivity contribution >= 4 is 35.8 Å².